The molecule has 3 nitrogen and oxygen atoms in total. The van der Waals surface area contributed by atoms with Gasteiger partial charge >= 0.3 is 12.4 Å². The van der Waals surface area contributed by atoms with Crippen molar-refractivity contribution in [1.29, 1.82) is 0 Å². The molecule has 1 N–H and O–H groups in total. The maximum absolute atomic E-state index is 13.0. The lowest BCUT2D eigenvalue weighted by Gasteiger charge is -2.15. The van der Waals surface area contributed by atoms with Gasteiger partial charge in [0.05, 0.1) is 17.9 Å². The first-order valence-corrected chi connectivity index (χ1v) is 8.83. The van der Waals surface area contributed by atoms with Gasteiger partial charge < -0.3 is 10.1 Å². The summed E-state index contributed by atoms with van der Waals surface area (Å²) in [6, 6.07) is 10.6. The Bertz CT molecular complexity index is 803. The number of carbonyl (C=O) groups excluding carboxylic acids is 1. The van der Waals surface area contributed by atoms with E-state index in [4.69, 9.17) is 4.74 Å². The number of rotatable bonds is 8. The van der Waals surface area contributed by atoms with Crippen molar-refractivity contribution < 1.29 is 35.9 Å². The third kappa shape index (κ3) is 7.67. The van der Waals surface area contributed by atoms with Crippen molar-refractivity contribution >= 4 is 11.6 Å². The quantitative estimate of drug-likeness (QED) is 0.394. The fourth-order valence-electron chi connectivity index (χ4n) is 2.50. The van der Waals surface area contributed by atoms with Gasteiger partial charge in [-0.15, -0.1) is 0 Å². The van der Waals surface area contributed by atoms with Crippen molar-refractivity contribution in [2.45, 2.75) is 38.0 Å². The van der Waals surface area contributed by atoms with Crippen LogP contribution in [0.15, 0.2) is 48.5 Å². The number of alkyl halides is 6. The molecule has 0 saturated carbocycles. The third-order valence-corrected chi connectivity index (χ3v) is 3.95. The molecule has 0 aromatic heterocycles. The lowest BCUT2D eigenvalue weighted by molar-refractivity contribution is -0.137. The first-order valence-electron chi connectivity index (χ1n) is 8.83. The summed E-state index contributed by atoms with van der Waals surface area (Å²) in [6.45, 7) is 0.0113. The minimum atomic E-state index is -4.61. The van der Waals surface area contributed by atoms with E-state index in [2.05, 4.69) is 5.32 Å². The van der Waals surface area contributed by atoms with Crippen LogP contribution in [0.3, 0.4) is 0 Å². The Morgan fingerprint density at radius 1 is 0.897 bits per heavy atom. The molecule has 0 radical (unpaired) electrons. The minimum absolute atomic E-state index is 0.0113. The molecule has 0 saturated heterocycles. The van der Waals surface area contributed by atoms with E-state index in [0.29, 0.717) is 6.42 Å². The summed E-state index contributed by atoms with van der Waals surface area (Å²) < 4.78 is 80.8. The Morgan fingerprint density at radius 3 is 2.21 bits per heavy atom. The normalized spacial score (nSPS) is 11.9. The van der Waals surface area contributed by atoms with E-state index in [1.54, 1.807) is 18.2 Å². The van der Waals surface area contributed by atoms with E-state index in [9.17, 15) is 31.1 Å². The van der Waals surface area contributed by atoms with Crippen LogP contribution in [0.5, 0.6) is 5.75 Å². The van der Waals surface area contributed by atoms with Crippen LogP contribution in [-0.2, 0) is 6.18 Å². The Balaban J connectivity index is 2.05. The predicted molar refractivity (Wildman–Crippen MR) is 95.9 cm³/mol. The minimum Gasteiger partial charge on any atom is -0.491 e. The van der Waals surface area contributed by atoms with Gasteiger partial charge in [0.15, 0.2) is 0 Å². The van der Waals surface area contributed by atoms with E-state index in [-0.39, 0.29) is 36.4 Å². The summed E-state index contributed by atoms with van der Waals surface area (Å²) in [5.41, 5.74) is -0.870. The molecule has 0 fully saturated rings. The second kappa shape index (κ2) is 9.67. The standard InChI is InChI=1S/C20H19F6NO2/c21-19(22,23)11-5-2-6-12-29-17-10-9-15(20(24,25)26)13-16(17)27-18(28)14-7-3-1-4-8-14/h1,3-4,7-10,13H,2,5-6,11-12H2,(H,27,28). The fraction of sp³-hybridized carbons (Fsp3) is 0.350. The van der Waals surface area contributed by atoms with Gasteiger partial charge in [-0.1, -0.05) is 18.2 Å². The monoisotopic (exact) mass is 419 g/mol. The fourth-order valence-corrected chi connectivity index (χ4v) is 2.50. The summed E-state index contributed by atoms with van der Waals surface area (Å²) in [5, 5.41) is 2.40. The molecule has 1 amide bonds. The summed E-state index contributed by atoms with van der Waals surface area (Å²) in [6.07, 6.45) is -9.23. The third-order valence-electron chi connectivity index (χ3n) is 3.95. The number of amides is 1. The molecule has 2 aromatic carbocycles. The predicted octanol–water partition coefficient (Wildman–Crippen LogP) is 6.46. The molecule has 0 bridgehead atoms. The molecular weight excluding hydrogens is 400 g/mol. The smallest absolute Gasteiger partial charge is 0.416 e. The van der Waals surface area contributed by atoms with Crippen LogP contribution in [-0.4, -0.2) is 18.7 Å². The average Bonchev–Trinajstić information content (AvgIpc) is 2.64. The zero-order valence-electron chi connectivity index (χ0n) is 15.2. The van der Waals surface area contributed by atoms with Crippen LogP contribution in [0.25, 0.3) is 0 Å². The van der Waals surface area contributed by atoms with Gasteiger partial charge in [-0.05, 0) is 49.6 Å². The number of carbonyl (C=O) groups is 1. The Morgan fingerprint density at radius 2 is 1.59 bits per heavy atom. The molecular formula is C20H19F6NO2. The zero-order chi connectivity index (χ0) is 21.5. The number of unbranched alkanes of at least 4 members (excludes halogenated alkanes) is 2. The molecule has 0 heterocycles. The second-order valence-corrected chi connectivity index (χ2v) is 6.30. The summed E-state index contributed by atoms with van der Waals surface area (Å²) in [5.74, 6) is -0.599. The molecule has 2 aromatic rings. The van der Waals surface area contributed by atoms with Gasteiger partial charge in [0.2, 0.25) is 0 Å². The molecule has 0 aliphatic rings. The lowest BCUT2D eigenvalue weighted by Crippen LogP contribution is -2.14. The maximum Gasteiger partial charge on any atom is 0.416 e. The molecule has 0 unspecified atom stereocenters. The highest BCUT2D eigenvalue weighted by molar-refractivity contribution is 6.05. The average molecular weight is 419 g/mol. The molecule has 0 spiro atoms. The highest BCUT2D eigenvalue weighted by atomic mass is 19.4. The van der Waals surface area contributed by atoms with Gasteiger partial charge in [0.1, 0.15) is 5.75 Å². The van der Waals surface area contributed by atoms with Crippen molar-refractivity contribution in [1.82, 2.24) is 0 Å². The zero-order valence-corrected chi connectivity index (χ0v) is 15.2. The molecule has 2 rings (SSSR count). The first-order chi connectivity index (χ1) is 13.6. The van der Waals surface area contributed by atoms with Crippen molar-refractivity contribution in [3.05, 3.63) is 59.7 Å². The molecule has 158 valence electrons. The van der Waals surface area contributed by atoms with E-state index < -0.39 is 30.2 Å². The second-order valence-electron chi connectivity index (χ2n) is 6.30. The van der Waals surface area contributed by atoms with E-state index in [1.165, 1.54) is 12.1 Å². The number of anilines is 1. The SMILES string of the molecule is O=C(Nc1cc(C(F)(F)F)ccc1OCCCCCC(F)(F)F)c1ccccc1. The van der Waals surface area contributed by atoms with Gasteiger partial charge in [-0.2, -0.15) is 26.3 Å². The van der Waals surface area contributed by atoms with Gasteiger partial charge in [0, 0.05) is 12.0 Å². The van der Waals surface area contributed by atoms with Crippen molar-refractivity contribution in [2.24, 2.45) is 0 Å². The Labute approximate surface area is 163 Å². The maximum atomic E-state index is 13.0. The Hall–Kier alpha value is -2.71. The summed E-state index contributed by atoms with van der Waals surface area (Å²) in [4.78, 5) is 12.3. The first kappa shape index (κ1) is 22.6. The van der Waals surface area contributed by atoms with Crippen LogP contribution >= 0.6 is 0 Å². The topological polar surface area (TPSA) is 38.3 Å². The van der Waals surface area contributed by atoms with E-state index in [0.717, 1.165) is 18.2 Å². The van der Waals surface area contributed by atoms with Crippen LogP contribution in [0, 0.1) is 0 Å². The Kier molecular flexibility index (Phi) is 7.53. The van der Waals surface area contributed by atoms with Gasteiger partial charge in [-0.25, -0.2) is 0 Å². The largest absolute Gasteiger partial charge is 0.491 e. The van der Waals surface area contributed by atoms with E-state index >= 15 is 0 Å². The molecule has 0 atom stereocenters. The molecule has 0 aliphatic heterocycles. The number of nitrogens with one attached hydrogen (secondary N) is 1. The highest BCUT2D eigenvalue weighted by Crippen LogP contribution is 2.35. The van der Waals surface area contributed by atoms with Gasteiger partial charge in [-0.3, -0.25) is 4.79 Å². The summed E-state index contributed by atoms with van der Waals surface area (Å²) >= 11 is 0. The number of ether oxygens (including phenoxy) is 1. The highest BCUT2D eigenvalue weighted by Gasteiger charge is 2.31. The molecule has 9 heteroatoms. The summed E-state index contributed by atoms with van der Waals surface area (Å²) in [7, 11) is 0. The number of halogens is 6. The van der Waals surface area contributed by atoms with E-state index in [1.807, 2.05) is 0 Å². The number of hydrogen-bond acceptors (Lipinski definition) is 2. The molecule has 29 heavy (non-hydrogen) atoms. The van der Waals surface area contributed by atoms with Crippen LogP contribution in [0.4, 0.5) is 32.0 Å². The number of hydrogen-bond donors (Lipinski definition) is 1. The van der Waals surface area contributed by atoms with Crippen molar-refractivity contribution in [3.8, 4) is 5.75 Å². The van der Waals surface area contributed by atoms with Crippen LogP contribution in [0.1, 0.15) is 41.6 Å². The molecule has 0 aliphatic carbocycles. The number of benzene rings is 2. The van der Waals surface area contributed by atoms with Gasteiger partial charge in [0.25, 0.3) is 5.91 Å². The lowest BCUT2D eigenvalue weighted by atomic mass is 10.1. The van der Waals surface area contributed by atoms with Crippen molar-refractivity contribution in [3.63, 3.8) is 0 Å². The van der Waals surface area contributed by atoms with Crippen LogP contribution < -0.4 is 10.1 Å². The van der Waals surface area contributed by atoms with Crippen LogP contribution in [0.2, 0.25) is 0 Å². The van der Waals surface area contributed by atoms with Crippen molar-refractivity contribution in [2.75, 3.05) is 11.9 Å².